The second-order valence-electron chi connectivity index (χ2n) is 6.53. The van der Waals surface area contributed by atoms with Gasteiger partial charge in [-0.25, -0.2) is 4.79 Å². The Morgan fingerprint density at radius 1 is 1.15 bits per heavy atom. The number of oxazole rings is 1. The smallest absolute Gasteiger partial charge is 0.408 e. The van der Waals surface area contributed by atoms with Crippen LogP contribution in [0.3, 0.4) is 0 Å². The number of aromatic nitrogens is 1. The molecule has 0 bridgehead atoms. The van der Waals surface area contributed by atoms with Crippen molar-refractivity contribution in [3.8, 4) is 0 Å². The third-order valence-corrected chi connectivity index (χ3v) is 4.74. The van der Waals surface area contributed by atoms with Gasteiger partial charge in [-0.05, 0) is 24.6 Å². The fourth-order valence-electron chi connectivity index (χ4n) is 3.26. The lowest BCUT2D eigenvalue weighted by Gasteiger charge is -2.33. The lowest BCUT2D eigenvalue weighted by molar-refractivity contribution is -0.139. The Morgan fingerprint density at radius 3 is 2.73 bits per heavy atom. The monoisotopic (exact) mass is 352 g/mol. The molecule has 0 aliphatic carbocycles. The highest BCUT2D eigenvalue weighted by molar-refractivity contribution is 5.79. The van der Waals surface area contributed by atoms with Gasteiger partial charge in [0.1, 0.15) is 12.6 Å². The van der Waals surface area contributed by atoms with Crippen molar-refractivity contribution in [1.29, 1.82) is 0 Å². The van der Waals surface area contributed by atoms with E-state index in [-0.39, 0.29) is 18.6 Å². The van der Waals surface area contributed by atoms with Crippen molar-refractivity contribution in [2.75, 3.05) is 19.7 Å². The standard InChI is InChI=1S/C20H20N2O4/c1-14-6-8-15(9-7-14)18-12-21(10-11-25-18)19(23)13-22-16-4-2-3-5-17(16)26-20(22)24/h2-9,18H,10-13H2,1H3. The van der Waals surface area contributed by atoms with E-state index < -0.39 is 5.76 Å². The number of carbonyl (C=O) groups excluding carboxylic acids is 1. The zero-order valence-electron chi connectivity index (χ0n) is 14.6. The van der Waals surface area contributed by atoms with E-state index in [0.29, 0.717) is 30.8 Å². The number of ether oxygens (including phenoxy) is 1. The van der Waals surface area contributed by atoms with Gasteiger partial charge in [0.15, 0.2) is 5.58 Å². The van der Waals surface area contributed by atoms with Gasteiger partial charge in [-0.1, -0.05) is 42.0 Å². The molecule has 3 aromatic rings. The zero-order chi connectivity index (χ0) is 18.1. The molecule has 0 spiro atoms. The second kappa shape index (κ2) is 6.80. The number of hydrogen-bond donors (Lipinski definition) is 0. The minimum Gasteiger partial charge on any atom is -0.408 e. The summed E-state index contributed by atoms with van der Waals surface area (Å²) < 4.78 is 12.4. The highest BCUT2D eigenvalue weighted by Crippen LogP contribution is 2.23. The molecule has 1 atom stereocenters. The van der Waals surface area contributed by atoms with Gasteiger partial charge in [-0.2, -0.15) is 0 Å². The lowest BCUT2D eigenvalue weighted by atomic mass is 10.1. The molecule has 2 heterocycles. The number of hydrogen-bond acceptors (Lipinski definition) is 4. The summed E-state index contributed by atoms with van der Waals surface area (Å²) in [6.45, 7) is 3.48. The molecule has 1 fully saturated rings. The molecule has 6 heteroatoms. The Bertz CT molecular complexity index is 987. The fourth-order valence-corrected chi connectivity index (χ4v) is 3.26. The summed E-state index contributed by atoms with van der Waals surface area (Å²) in [4.78, 5) is 26.6. The number of amides is 1. The van der Waals surface area contributed by atoms with Crippen molar-refractivity contribution < 1.29 is 13.9 Å². The summed E-state index contributed by atoms with van der Waals surface area (Å²) in [6, 6.07) is 15.3. The number of fused-ring (bicyclic) bond motifs is 1. The van der Waals surface area contributed by atoms with Crippen molar-refractivity contribution in [1.82, 2.24) is 9.47 Å². The summed E-state index contributed by atoms with van der Waals surface area (Å²) in [7, 11) is 0. The molecule has 1 aliphatic rings. The average molecular weight is 352 g/mol. The van der Waals surface area contributed by atoms with Gasteiger partial charge in [0.25, 0.3) is 0 Å². The molecule has 1 saturated heterocycles. The predicted molar refractivity (Wildman–Crippen MR) is 96.9 cm³/mol. The molecule has 0 saturated carbocycles. The first-order chi connectivity index (χ1) is 12.6. The summed E-state index contributed by atoms with van der Waals surface area (Å²) in [5, 5.41) is 0. The Hall–Kier alpha value is -2.86. The number of benzene rings is 2. The van der Waals surface area contributed by atoms with Gasteiger partial charge in [-0.15, -0.1) is 0 Å². The molecule has 0 N–H and O–H groups in total. The third-order valence-electron chi connectivity index (χ3n) is 4.74. The van der Waals surface area contributed by atoms with Crippen LogP contribution in [0.4, 0.5) is 0 Å². The number of rotatable bonds is 3. The number of carbonyl (C=O) groups is 1. The number of morpholine rings is 1. The maximum atomic E-state index is 12.8. The molecule has 26 heavy (non-hydrogen) atoms. The Kier molecular flexibility index (Phi) is 4.34. The first-order valence-electron chi connectivity index (χ1n) is 8.66. The molecule has 6 nitrogen and oxygen atoms in total. The van der Waals surface area contributed by atoms with E-state index in [4.69, 9.17) is 9.15 Å². The minimum atomic E-state index is -0.511. The minimum absolute atomic E-state index is 0.0313. The van der Waals surface area contributed by atoms with Crippen LogP contribution in [0.1, 0.15) is 17.2 Å². The summed E-state index contributed by atoms with van der Waals surface area (Å²) >= 11 is 0. The molecular formula is C20H20N2O4. The van der Waals surface area contributed by atoms with Gasteiger partial charge in [0, 0.05) is 6.54 Å². The second-order valence-corrected chi connectivity index (χ2v) is 6.53. The van der Waals surface area contributed by atoms with Crippen LogP contribution in [0.2, 0.25) is 0 Å². The van der Waals surface area contributed by atoms with E-state index >= 15 is 0 Å². The van der Waals surface area contributed by atoms with Crippen LogP contribution in [-0.4, -0.2) is 35.1 Å². The molecular weight excluding hydrogens is 332 g/mol. The number of para-hydroxylation sites is 2. The highest BCUT2D eigenvalue weighted by atomic mass is 16.5. The number of aryl methyl sites for hydroxylation is 1. The molecule has 0 radical (unpaired) electrons. The van der Waals surface area contributed by atoms with Crippen molar-refractivity contribution in [3.63, 3.8) is 0 Å². The maximum Gasteiger partial charge on any atom is 0.420 e. The predicted octanol–water partition coefficient (Wildman–Crippen LogP) is 2.50. The van der Waals surface area contributed by atoms with Crippen molar-refractivity contribution in [2.24, 2.45) is 0 Å². The van der Waals surface area contributed by atoms with Crippen molar-refractivity contribution >= 4 is 17.0 Å². The quantitative estimate of drug-likeness (QED) is 0.726. The van der Waals surface area contributed by atoms with Crippen molar-refractivity contribution in [2.45, 2.75) is 19.6 Å². The number of nitrogens with zero attached hydrogens (tertiary/aromatic N) is 2. The first kappa shape index (κ1) is 16.6. The first-order valence-corrected chi connectivity index (χ1v) is 8.66. The van der Waals surface area contributed by atoms with E-state index in [2.05, 4.69) is 0 Å². The van der Waals surface area contributed by atoms with Crippen molar-refractivity contribution in [3.05, 3.63) is 70.2 Å². The van der Waals surface area contributed by atoms with Crippen LogP contribution in [0.25, 0.3) is 11.1 Å². The Balaban J connectivity index is 1.51. The topological polar surface area (TPSA) is 64.7 Å². The Morgan fingerprint density at radius 2 is 1.92 bits per heavy atom. The largest absolute Gasteiger partial charge is 0.420 e. The highest BCUT2D eigenvalue weighted by Gasteiger charge is 2.26. The average Bonchev–Trinajstić information content (AvgIpc) is 2.98. The van der Waals surface area contributed by atoms with Crippen LogP contribution in [-0.2, 0) is 16.1 Å². The van der Waals surface area contributed by atoms with Crippen LogP contribution < -0.4 is 5.76 Å². The molecule has 1 amide bonds. The Labute approximate surface area is 150 Å². The third kappa shape index (κ3) is 3.15. The lowest BCUT2D eigenvalue weighted by Crippen LogP contribution is -2.44. The molecule has 2 aromatic carbocycles. The SMILES string of the molecule is Cc1ccc(C2CN(C(=O)Cn3c(=O)oc4ccccc43)CCO2)cc1. The van der Waals surface area contributed by atoms with E-state index in [9.17, 15) is 9.59 Å². The molecule has 1 aromatic heterocycles. The van der Waals surface area contributed by atoms with Gasteiger partial charge in [0.05, 0.1) is 18.7 Å². The van der Waals surface area contributed by atoms with Crippen LogP contribution in [0.5, 0.6) is 0 Å². The zero-order valence-corrected chi connectivity index (χ0v) is 14.6. The van der Waals surface area contributed by atoms with Crippen LogP contribution in [0, 0.1) is 6.92 Å². The fraction of sp³-hybridized carbons (Fsp3) is 0.300. The summed E-state index contributed by atoms with van der Waals surface area (Å²) in [6.07, 6.45) is -0.147. The maximum absolute atomic E-state index is 12.8. The molecule has 1 unspecified atom stereocenters. The molecule has 4 rings (SSSR count). The summed E-state index contributed by atoms with van der Waals surface area (Å²) in [5.74, 6) is -0.623. The van der Waals surface area contributed by atoms with Gasteiger partial charge < -0.3 is 14.1 Å². The van der Waals surface area contributed by atoms with Crippen LogP contribution >= 0.6 is 0 Å². The molecule has 1 aliphatic heterocycles. The van der Waals surface area contributed by atoms with E-state index in [0.717, 1.165) is 5.56 Å². The normalized spacial score (nSPS) is 17.6. The van der Waals surface area contributed by atoms with Crippen LogP contribution in [0.15, 0.2) is 57.7 Å². The van der Waals surface area contributed by atoms with E-state index in [1.54, 1.807) is 23.1 Å². The van der Waals surface area contributed by atoms with E-state index in [1.807, 2.05) is 37.3 Å². The summed E-state index contributed by atoms with van der Waals surface area (Å²) in [5.41, 5.74) is 3.36. The van der Waals surface area contributed by atoms with Gasteiger partial charge >= 0.3 is 5.76 Å². The van der Waals surface area contributed by atoms with E-state index in [1.165, 1.54) is 10.1 Å². The van der Waals surface area contributed by atoms with Gasteiger partial charge in [-0.3, -0.25) is 9.36 Å². The van der Waals surface area contributed by atoms with Gasteiger partial charge in [0.2, 0.25) is 5.91 Å². The molecule has 134 valence electrons.